The minimum Gasteiger partial charge on any atom is -0.412 e. The zero-order chi connectivity index (χ0) is 8.49. The van der Waals surface area contributed by atoms with Crippen LogP contribution in [0, 0.1) is 0 Å². The zero-order valence-electron chi connectivity index (χ0n) is 10.7. The van der Waals surface area contributed by atoms with E-state index in [-0.39, 0.29) is 32.9 Å². The van der Waals surface area contributed by atoms with Crippen LogP contribution in [0.3, 0.4) is 0 Å². The van der Waals surface area contributed by atoms with Gasteiger partial charge in [-0.3, -0.25) is 0 Å². The highest BCUT2D eigenvalue weighted by Crippen LogP contribution is 1.65. The molecule has 2 aliphatic rings. The summed E-state index contributed by atoms with van der Waals surface area (Å²) >= 11 is 0. The van der Waals surface area contributed by atoms with Gasteiger partial charge in [-0.2, -0.15) is 0 Å². The molecule has 0 bridgehead atoms. The Labute approximate surface area is 107 Å². The fourth-order valence-electron chi connectivity index (χ4n) is 1.21. The molecule has 10 nitrogen and oxygen atoms in total. The molecule has 2 saturated heterocycles. The van der Waals surface area contributed by atoms with Crippen molar-refractivity contribution in [1.29, 1.82) is 0 Å². The van der Waals surface area contributed by atoms with Gasteiger partial charge in [0.2, 0.25) is 0 Å². The summed E-state index contributed by atoms with van der Waals surface area (Å²) in [7, 11) is 0. The van der Waals surface area contributed by atoms with Crippen molar-refractivity contribution in [3.05, 3.63) is 0 Å². The Balaban J connectivity index is -0.0000000300. The summed E-state index contributed by atoms with van der Waals surface area (Å²) in [6.07, 6.45) is 0. The van der Waals surface area contributed by atoms with Crippen LogP contribution in [0.25, 0.3) is 0 Å². The standard InChI is InChI=1S/2C4H10N2.6H2O/c2*1-2-6-4-3-5-1;;;;;;/h2*5-6H,1-4H2;6*1H2. The average molecular weight is 280 g/mol. The van der Waals surface area contributed by atoms with Gasteiger partial charge in [-0.05, 0) is 0 Å². The Hall–Kier alpha value is -0.400. The number of rotatable bonds is 0. The van der Waals surface area contributed by atoms with Crippen molar-refractivity contribution in [3.8, 4) is 0 Å². The third kappa shape index (κ3) is 24.7. The van der Waals surface area contributed by atoms with Crippen LogP contribution in [0.5, 0.6) is 0 Å². The van der Waals surface area contributed by atoms with E-state index in [2.05, 4.69) is 21.3 Å². The molecule has 0 radical (unpaired) electrons. The van der Waals surface area contributed by atoms with E-state index in [1.165, 1.54) is 0 Å². The molecule has 10 heteroatoms. The fourth-order valence-corrected chi connectivity index (χ4v) is 1.21. The number of piperazine rings is 2. The molecule has 2 fully saturated rings. The molecule has 0 amide bonds. The Morgan fingerprint density at radius 3 is 0.444 bits per heavy atom. The fraction of sp³-hybridized carbons (Fsp3) is 1.00. The van der Waals surface area contributed by atoms with Crippen LogP contribution >= 0.6 is 0 Å². The largest absolute Gasteiger partial charge is 0.412 e. The van der Waals surface area contributed by atoms with Crippen molar-refractivity contribution in [3.63, 3.8) is 0 Å². The van der Waals surface area contributed by atoms with Crippen molar-refractivity contribution in [2.45, 2.75) is 0 Å². The van der Waals surface area contributed by atoms with Crippen molar-refractivity contribution in [2.24, 2.45) is 0 Å². The lowest BCUT2D eigenvalue weighted by Gasteiger charge is -2.11. The summed E-state index contributed by atoms with van der Waals surface area (Å²) < 4.78 is 0. The van der Waals surface area contributed by atoms with E-state index in [0.29, 0.717) is 0 Å². The van der Waals surface area contributed by atoms with Gasteiger partial charge in [0.1, 0.15) is 0 Å². The van der Waals surface area contributed by atoms with Crippen LogP contribution < -0.4 is 21.3 Å². The molecule has 0 aromatic carbocycles. The van der Waals surface area contributed by atoms with Crippen LogP contribution in [0.4, 0.5) is 0 Å². The first-order valence-corrected chi connectivity index (χ1v) is 4.83. The Kier molecular flexibility index (Phi) is 60.1. The summed E-state index contributed by atoms with van der Waals surface area (Å²) in [5.41, 5.74) is 0. The first-order chi connectivity index (χ1) is 6.00. The molecule has 0 aromatic rings. The SMILES string of the molecule is C1CNCCN1.C1CNCCN1.O.O.O.O.O.O. The molecular weight excluding hydrogens is 248 g/mol. The Morgan fingerprint density at radius 1 is 0.278 bits per heavy atom. The minimum atomic E-state index is 0. The van der Waals surface area contributed by atoms with Gasteiger partial charge in [0.15, 0.2) is 0 Å². The molecule has 0 atom stereocenters. The Bertz CT molecular complexity index is 70.6. The molecule has 0 aromatic heterocycles. The van der Waals surface area contributed by atoms with Crippen LogP contribution in [-0.4, -0.2) is 85.2 Å². The second-order valence-corrected chi connectivity index (χ2v) is 3.00. The maximum atomic E-state index is 3.22. The Morgan fingerprint density at radius 2 is 0.389 bits per heavy atom. The van der Waals surface area contributed by atoms with Crippen LogP contribution in [0.2, 0.25) is 0 Å². The van der Waals surface area contributed by atoms with Gasteiger partial charge in [-0.15, -0.1) is 0 Å². The number of hydrogen-bond donors (Lipinski definition) is 4. The lowest BCUT2D eigenvalue weighted by molar-refractivity contribution is 0.534. The van der Waals surface area contributed by atoms with Crippen LogP contribution in [-0.2, 0) is 0 Å². The highest BCUT2D eigenvalue weighted by Gasteiger charge is 1.92. The monoisotopic (exact) mass is 280 g/mol. The second-order valence-electron chi connectivity index (χ2n) is 3.00. The van der Waals surface area contributed by atoms with E-state index in [1.54, 1.807) is 0 Å². The summed E-state index contributed by atoms with van der Waals surface area (Å²) in [5, 5.41) is 12.9. The molecule has 0 saturated carbocycles. The normalized spacial score (nSPS) is 16.0. The summed E-state index contributed by atoms with van der Waals surface area (Å²) in [6, 6.07) is 0. The maximum Gasteiger partial charge on any atom is 0.00772 e. The molecule has 120 valence electrons. The van der Waals surface area contributed by atoms with Crippen LogP contribution in [0.15, 0.2) is 0 Å². The van der Waals surface area contributed by atoms with Crippen molar-refractivity contribution in [2.75, 3.05) is 52.4 Å². The molecule has 0 unspecified atom stereocenters. The van der Waals surface area contributed by atoms with Crippen molar-refractivity contribution < 1.29 is 32.9 Å². The van der Waals surface area contributed by atoms with E-state index in [4.69, 9.17) is 0 Å². The van der Waals surface area contributed by atoms with E-state index >= 15 is 0 Å². The first-order valence-electron chi connectivity index (χ1n) is 4.83. The third-order valence-corrected chi connectivity index (χ3v) is 1.91. The molecule has 18 heavy (non-hydrogen) atoms. The number of hydrogen-bond acceptors (Lipinski definition) is 4. The highest BCUT2D eigenvalue weighted by atomic mass is 16.0. The van der Waals surface area contributed by atoms with Crippen molar-refractivity contribution in [1.82, 2.24) is 21.3 Å². The van der Waals surface area contributed by atoms with E-state index in [1.807, 2.05) is 0 Å². The van der Waals surface area contributed by atoms with E-state index < -0.39 is 0 Å². The quantitative estimate of drug-likeness (QED) is 0.338. The van der Waals surface area contributed by atoms with Gasteiger partial charge in [0.05, 0.1) is 0 Å². The van der Waals surface area contributed by atoms with Gasteiger partial charge in [0, 0.05) is 52.4 Å². The molecule has 16 N–H and O–H groups in total. The highest BCUT2D eigenvalue weighted by molar-refractivity contribution is 4.59. The first kappa shape index (κ1) is 36.0. The lowest BCUT2D eigenvalue weighted by atomic mass is 10.4. The predicted molar refractivity (Wildman–Crippen MR) is 73.2 cm³/mol. The second kappa shape index (κ2) is 30.0. The van der Waals surface area contributed by atoms with E-state index in [9.17, 15) is 0 Å². The number of nitrogens with one attached hydrogen (secondary N) is 4. The smallest absolute Gasteiger partial charge is 0.00772 e. The average Bonchev–Trinajstić information content (AvgIpc) is 2.24. The molecule has 2 aliphatic heterocycles. The van der Waals surface area contributed by atoms with Gasteiger partial charge >= 0.3 is 0 Å². The predicted octanol–water partition coefficient (Wildman–Crippen LogP) is -6.59. The molecule has 0 aliphatic carbocycles. The summed E-state index contributed by atoms with van der Waals surface area (Å²) in [5.74, 6) is 0. The van der Waals surface area contributed by atoms with Gasteiger partial charge < -0.3 is 54.1 Å². The topological polar surface area (TPSA) is 237 Å². The third-order valence-electron chi connectivity index (χ3n) is 1.91. The van der Waals surface area contributed by atoms with Gasteiger partial charge in [-0.1, -0.05) is 0 Å². The van der Waals surface area contributed by atoms with Crippen molar-refractivity contribution >= 4 is 0 Å². The summed E-state index contributed by atoms with van der Waals surface area (Å²) in [6.45, 7) is 9.11. The maximum absolute atomic E-state index is 3.22. The van der Waals surface area contributed by atoms with Crippen LogP contribution in [0.1, 0.15) is 0 Å². The molecular formula is C8H32N4O6. The zero-order valence-corrected chi connectivity index (χ0v) is 10.7. The minimum absolute atomic E-state index is 0. The summed E-state index contributed by atoms with van der Waals surface area (Å²) in [4.78, 5) is 0. The lowest BCUT2D eigenvalue weighted by Crippen LogP contribution is -2.39. The van der Waals surface area contributed by atoms with Gasteiger partial charge in [0.25, 0.3) is 0 Å². The van der Waals surface area contributed by atoms with Gasteiger partial charge in [-0.25, -0.2) is 0 Å². The molecule has 0 spiro atoms. The molecule has 2 rings (SSSR count). The molecule has 2 heterocycles. The van der Waals surface area contributed by atoms with E-state index in [0.717, 1.165) is 52.4 Å².